The predicted molar refractivity (Wildman–Crippen MR) is 53.7 cm³/mol. The maximum atomic E-state index is 13.2. The summed E-state index contributed by atoms with van der Waals surface area (Å²) in [5.41, 5.74) is 0.901. The summed E-state index contributed by atoms with van der Waals surface area (Å²) < 4.78 is 18.0. The van der Waals surface area contributed by atoms with Gasteiger partial charge in [0, 0.05) is 13.2 Å². The van der Waals surface area contributed by atoms with Gasteiger partial charge in [0.2, 0.25) is 0 Å². The van der Waals surface area contributed by atoms with E-state index in [1.165, 1.54) is 13.2 Å². The molecule has 14 heavy (non-hydrogen) atoms. The van der Waals surface area contributed by atoms with E-state index >= 15 is 0 Å². The predicted octanol–water partition coefficient (Wildman–Crippen LogP) is 1.10. The van der Waals surface area contributed by atoms with Gasteiger partial charge in [-0.3, -0.25) is 0 Å². The van der Waals surface area contributed by atoms with E-state index in [-0.39, 0.29) is 11.6 Å². The van der Waals surface area contributed by atoms with Crippen LogP contribution in [0.25, 0.3) is 0 Å². The molecule has 0 atom stereocenters. The van der Waals surface area contributed by atoms with Gasteiger partial charge >= 0.3 is 0 Å². The third-order valence-electron chi connectivity index (χ3n) is 1.85. The average molecular weight is 198 g/mol. The molecule has 1 aromatic carbocycles. The molecule has 3 nitrogen and oxygen atoms in total. The lowest BCUT2D eigenvalue weighted by atomic mass is 10.2. The van der Waals surface area contributed by atoms with Crippen molar-refractivity contribution in [1.82, 2.24) is 10.6 Å². The van der Waals surface area contributed by atoms with Crippen molar-refractivity contribution in [1.29, 1.82) is 0 Å². The number of ether oxygens (including phenoxy) is 1. The Balaban J connectivity index is 2.57. The molecular formula is C10H15FN2O. The molecule has 0 aliphatic carbocycles. The molecule has 0 heterocycles. The fourth-order valence-electron chi connectivity index (χ4n) is 1.15. The van der Waals surface area contributed by atoms with Crippen molar-refractivity contribution >= 4 is 0 Å². The van der Waals surface area contributed by atoms with Crippen molar-refractivity contribution in [2.45, 2.75) is 6.54 Å². The molecule has 78 valence electrons. The summed E-state index contributed by atoms with van der Waals surface area (Å²) in [6.45, 7) is 1.34. The summed E-state index contributed by atoms with van der Waals surface area (Å²) in [5.74, 6) is -0.0429. The monoisotopic (exact) mass is 198 g/mol. The molecule has 1 rings (SSSR count). The lowest BCUT2D eigenvalue weighted by Gasteiger charge is -2.06. The number of rotatable bonds is 5. The number of nitrogens with one attached hydrogen (secondary N) is 2. The minimum absolute atomic E-state index is 0.280. The molecule has 0 saturated carbocycles. The second-order valence-corrected chi connectivity index (χ2v) is 2.93. The van der Waals surface area contributed by atoms with E-state index in [9.17, 15) is 4.39 Å². The zero-order valence-corrected chi connectivity index (χ0v) is 8.43. The molecule has 1 aromatic rings. The molecule has 0 saturated heterocycles. The largest absolute Gasteiger partial charge is 0.494 e. The first-order valence-electron chi connectivity index (χ1n) is 4.45. The molecule has 2 N–H and O–H groups in total. The number of hydrogen-bond acceptors (Lipinski definition) is 3. The molecule has 4 heteroatoms. The third-order valence-corrected chi connectivity index (χ3v) is 1.85. The van der Waals surface area contributed by atoms with Crippen molar-refractivity contribution in [3.05, 3.63) is 29.6 Å². The Kier molecular flexibility index (Phi) is 4.35. The topological polar surface area (TPSA) is 33.3 Å². The van der Waals surface area contributed by atoms with Crippen LogP contribution in [0.15, 0.2) is 18.2 Å². The first-order chi connectivity index (χ1) is 6.77. The van der Waals surface area contributed by atoms with Crippen LogP contribution in [0.4, 0.5) is 4.39 Å². The number of halogens is 1. The maximum absolute atomic E-state index is 13.2. The highest BCUT2D eigenvalue weighted by Crippen LogP contribution is 2.17. The van der Waals surface area contributed by atoms with Crippen LogP contribution in [0, 0.1) is 5.82 Å². The standard InChI is InChI=1S/C10H15FN2O/c1-12-7-13-6-8-3-4-10(14-2)9(11)5-8/h3-5,12-13H,6-7H2,1-2H3. The molecule has 0 fully saturated rings. The lowest BCUT2D eigenvalue weighted by molar-refractivity contribution is 0.386. The van der Waals surface area contributed by atoms with Gasteiger partial charge in [0.25, 0.3) is 0 Å². The Morgan fingerprint density at radius 2 is 2.21 bits per heavy atom. The van der Waals surface area contributed by atoms with Gasteiger partial charge < -0.3 is 15.4 Å². The average Bonchev–Trinajstić information content (AvgIpc) is 2.18. The minimum Gasteiger partial charge on any atom is -0.494 e. The van der Waals surface area contributed by atoms with Crippen LogP contribution in [0.2, 0.25) is 0 Å². The van der Waals surface area contributed by atoms with Crippen LogP contribution in [-0.4, -0.2) is 20.8 Å². The van der Waals surface area contributed by atoms with E-state index < -0.39 is 0 Å². The highest BCUT2D eigenvalue weighted by atomic mass is 19.1. The van der Waals surface area contributed by atoms with E-state index in [0.717, 1.165) is 5.56 Å². The fraction of sp³-hybridized carbons (Fsp3) is 0.400. The number of benzene rings is 1. The second-order valence-electron chi connectivity index (χ2n) is 2.93. The zero-order chi connectivity index (χ0) is 10.4. The van der Waals surface area contributed by atoms with Crippen molar-refractivity contribution in [3.63, 3.8) is 0 Å². The van der Waals surface area contributed by atoms with Gasteiger partial charge in [0.15, 0.2) is 11.6 Å². The quantitative estimate of drug-likeness (QED) is 0.549. The Labute approximate surface area is 83.3 Å². The van der Waals surface area contributed by atoms with Gasteiger partial charge in [-0.05, 0) is 24.7 Å². The second kappa shape index (κ2) is 5.57. The van der Waals surface area contributed by atoms with Gasteiger partial charge in [0.1, 0.15) is 0 Å². The molecule has 0 unspecified atom stereocenters. The van der Waals surface area contributed by atoms with Gasteiger partial charge in [-0.2, -0.15) is 0 Å². The van der Waals surface area contributed by atoms with Gasteiger partial charge in [-0.1, -0.05) is 6.07 Å². The summed E-state index contributed by atoms with van der Waals surface area (Å²) in [4.78, 5) is 0. The van der Waals surface area contributed by atoms with Crippen LogP contribution < -0.4 is 15.4 Å². The van der Waals surface area contributed by atoms with Crippen LogP contribution >= 0.6 is 0 Å². The minimum atomic E-state index is -0.323. The van der Waals surface area contributed by atoms with E-state index in [2.05, 4.69) is 10.6 Å². The highest BCUT2D eigenvalue weighted by Gasteiger charge is 2.02. The van der Waals surface area contributed by atoms with E-state index in [4.69, 9.17) is 4.74 Å². The Morgan fingerprint density at radius 3 is 2.79 bits per heavy atom. The van der Waals surface area contributed by atoms with Gasteiger partial charge in [0.05, 0.1) is 7.11 Å². The molecule has 0 aromatic heterocycles. The summed E-state index contributed by atoms with van der Waals surface area (Å²) >= 11 is 0. The first kappa shape index (κ1) is 10.9. The van der Waals surface area contributed by atoms with Crippen molar-refractivity contribution < 1.29 is 9.13 Å². The molecular weight excluding hydrogens is 183 g/mol. The molecule has 0 radical (unpaired) electrons. The fourth-order valence-corrected chi connectivity index (χ4v) is 1.15. The number of hydrogen-bond donors (Lipinski definition) is 2. The maximum Gasteiger partial charge on any atom is 0.165 e. The van der Waals surface area contributed by atoms with E-state index in [1.54, 1.807) is 6.07 Å². The SMILES string of the molecule is CNCNCc1ccc(OC)c(F)c1. The Morgan fingerprint density at radius 1 is 1.43 bits per heavy atom. The van der Waals surface area contributed by atoms with E-state index in [0.29, 0.717) is 13.2 Å². The van der Waals surface area contributed by atoms with Gasteiger partial charge in [-0.25, -0.2) is 4.39 Å². The first-order valence-corrected chi connectivity index (χ1v) is 4.45. The molecule has 0 spiro atoms. The van der Waals surface area contributed by atoms with Gasteiger partial charge in [-0.15, -0.1) is 0 Å². The van der Waals surface area contributed by atoms with Crippen LogP contribution in [0.5, 0.6) is 5.75 Å². The smallest absolute Gasteiger partial charge is 0.165 e. The molecule has 0 amide bonds. The van der Waals surface area contributed by atoms with Crippen LogP contribution in [-0.2, 0) is 6.54 Å². The lowest BCUT2D eigenvalue weighted by Crippen LogP contribution is -2.25. The van der Waals surface area contributed by atoms with Crippen molar-refractivity contribution in [2.24, 2.45) is 0 Å². The summed E-state index contributed by atoms with van der Waals surface area (Å²) in [7, 11) is 3.30. The molecule has 0 bridgehead atoms. The van der Waals surface area contributed by atoms with Crippen molar-refractivity contribution in [3.8, 4) is 5.75 Å². The molecule has 0 aliphatic rings. The molecule has 0 aliphatic heterocycles. The number of methoxy groups -OCH3 is 1. The third kappa shape index (κ3) is 2.97. The zero-order valence-electron chi connectivity index (χ0n) is 8.43. The van der Waals surface area contributed by atoms with E-state index in [1.807, 2.05) is 13.1 Å². The van der Waals surface area contributed by atoms with Crippen molar-refractivity contribution in [2.75, 3.05) is 20.8 Å². The highest BCUT2D eigenvalue weighted by molar-refractivity contribution is 5.29. The van der Waals surface area contributed by atoms with Crippen LogP contribution in [0.3, 0.4) is 0 Å². The van der Waals surface area contributed by atoms with Crippen LogP contribution in [0.1, 0.15) is 5.56 Å². The summed E-state index contributed by atoms with van der Waals surface area (Å²) in [6.07, 6.45) is 0. The summed E-state index contributed by atoms with van der Waals surface area (Å²) in [6, 6.07) is 4.94. The Hall–Kier alpha value is -1.13. The normalized spacial score (nSPS) is 10.2. The Bertz CT molecular complexity index is 291. The summed E-state index contributed by atoms with van der Waals surface area (Å²) in [5, 5.41) is 6.04.